The quantitative estimate of drug-likeness (QED) is 0.375. The van der Waals surface area contributed by atoms with Gasteiger partial charge in [0.2, 0.25) is 0 Å². The minimum Gasteiger partial charge on any atom is -0.462 e. The number of pyridine rings is 1. The van der Waals surface area contributed by atoms with Crippen molar-refractivity contribution in [3.63, 3.8) is 0 Å². The molecule has 0 aliphatic carbocycles. The van der Waals surface area contributed by atoms with Gasteiger partial charge in [0.25, 0.3) is 15.9 Å². The summed E-state index contributed by atoms with van der Waals surface area (Å²) in [5.41, 5.74) is 1.24. The van der Waals surface area contributed by atoms with E-state index >= 15 is 0 Å². The van der Waals surface area contributed by atoms with Gasteiger partial charge in [-0.2, -0.15) is 0 Å². The molecule has 8 nitrogen and oxygen atoms in total. The molecule has 2 aromatic heterocycles. The third-order valence-electron chi connectivity index (χ3n) is 4.61. The fourth-order valence-electron chi connectivity index (χ4n) is 3.05. The number of nitrogens with one attached hydrogen (secondary N) is 2. The average Bonchev–Trinajstić information content (AvgIpc) is 3.23. The average molecular weight is 482 g/mol. The molecule has 0 unspecified atom stereocenters. The molecule has 1 amide bonds. The van der Waals surface area contributed by atoms with Crippen LogP contribution in [-0.2, 0) is 14.8 Å². The number of benzene rings is 2. The number of anilines is 2. The van der Waals surface area contributed by atoms with Gasteiger partial charge in [-0.25, -0.2) is 13.2 Å². The molecule has 0 atom stereocenters. The molecule has 0 radical (unpaired) electrons. The second-order valence-electron chi connectivity index (χ2n) is 6.90. The number of hydrogen-bond acceptors (Lipinski definition) is 7. The maximum Gasteiger partial charge on any atom is 0.348 e. The number of fused-ring (bicyclic) bond motifs is 1. The molecule has 0 saturated carbocycles. The molecule has 0 saturated heterocycles. The molecule has 33 heavy (non-hydrogen) atoms. The van der Waals surface area contributed by atoms with Crippen molar-refractivity contribution >= 4 is 54.7 Å². The van der Waals surface area contributed by atoms with E-state index in [1.54, 1.807) is 37.3 Å². The van der Waals surface area contributed by atoms with Crippen LogP contribution in [0.15, 0.2) is 78.0 Å². The second kappa shape index (κ2) is 9.39. The van der Waals surface area contributed by atoms with Crippen molar-refractivity contribution in [2.24, 2.45) is 0 Å². The minimum absolute atomic E-state index is 0.0297. The zero-order valence-corrected chi connectivity index (χ0v) is 19.1. The number of ether oxygens (including phenoxy) is 1. The summed E-state index contributed by atoms with van der Waals surface area (Å²) in [5, 5.41) is 3.60. The van der Waals surface area contributed by atoms with Crippen LogP contribution in [0.3, 0.4) is 0 Å². The highest BCUT2D eigenvalue weighted by molar-refractivity contribution is 7.92. The van der Waals surface area contributed by atoms with Crippen molar-refractivity contribution in [2.45, 2.75) is 11.8 Å². The fourth-order valence-corrected chi connectivity index (χ4v) is 5.04. The molecule has 0 bridgehead atoms. The summed E-state index contributed by atoms with van der Waals surface area (Å²) in [6.45, 7) is 2.05. The zero-order valence-electron chi connectivity index (χ0n) is 17.4. The summed E-state index contributed by atoms with van der Waals surface area (Å²) in [4.78, 5) is 28.9. The lowest BCUT2D eigenvalue weighted by Gasteiger charge is -2.09. The molecular weight excluding hydrogens is 462 g/mol. The van der Waals surface area contributed by atoms with Gasteiger partial charge in [-0.1, -0.05) is 0 Å². The molecule has 0 fully saturated rings. The maximum atomic E-state index is 12.6. The van der Waals surface area contributed by atoms with Crippen molar-refractivity contribution < 1.29 is 22.7 Å². The van der Waals surface area contributed by atoms with Crippen LogP contribution in [0.25, 0.3) is 10.1 Å². The van der Waals surface area contributed by atoms with Gasteiger partial charge in [0.1, 0.15) is 4.88 Å². The van der Waals surface area contributed by atoms with Crippen LogP contribution < -0.4 is 10.0 Å². The highest BCUT2D eigenvalue weighted by atomic mass is 32.2. The second-order valence-corrected chi connectivity index (χ2v) is 9.67. The molecule has 10 heteroatoms. The number of esters is 1. The minimum atomic E-state index is -3.79. The van der Waals surface area contributed by atoms with Crippen LogP contribution in [0.2, 0.25) is 0 Å². The molecule has 2 heterocycles. The van der Waals surface area contributed by atoms with E-state index < -0.39 is 10.0 Å². The highest BCUT2D eigenvalue weighted by Gasteiger charge is 2.16. The summed E-state index contributed by atoms with van der Waals surface area (Å²) < 4.78 is 33.4. The van der Waals surface area contributed by atoms with Crippen LogP contribution in [0.1, 0.15) is 27.0 Å². The number of nitrogens with zero attached hydrogens (tertiary/aromatic N) is 1. The van der Waals surface area contributed by atoms with Crippen molar-refractivity contribution in [2.75, 3.05) is 16.6 Å². The van der Waals surface area contributed by atoms with Gasteiger partial charge in [-0.3, -0.25) is 14.5 Å². The van der Waals surface area contributed by atoms with Crippen LogP contribution in [0.5, 0.6) is 0 Å². The van der Waals surface area contributed by atoms with Gasteiger partial charge in [-0.05, 0) is 73.0 Å². The number of aromatic nitrogens is 1. The van der Waals surface area contributed by atoms with E-state index in [9.17, 15) is 18.0 Å². The van der Waals surface area contributed by atoms with Gasteiger partial charge in [-0.15, -0.1) is 11.3 Å². The lowest BCUT2D eigenvalue weighted by Crippen LogP contribution is -2.14. The Morgan fingerprint density at radius 1 is 0.970 bits per heavy atom. The Hall–Kier alpha value is -3.76. The number of carbonyl (C=O) groups excluding carboxylic acids is 2. The van der Waals surface area contributed by atoms with Crippen molar-refractivity contribution in [3.05, 3.63) is 83.5 Å². The Bertz CT molecular complexity index is 1420. The van der Waals surface area contributed by atoms with Gasteiger partial charge in [0, 0.05) is 28.3 Å². The number of carbonyl (C=O) groups is 2. The Labute approximate surface area is 194 Å². The predicted octanol–water partition coefficient (Wildman–Crippen LogP) is 4.53. The first-order valence-electron chi connectivity index (χ1n) is 9.91. The molecule has 4 aromatic rings. The largest absolute Gasteiger partial charge is 0.462 e. The van der Waals surface area contributed by atoms with Gasteiger partial charge in [0.05, 0.1) is 17.2 Å². The Morgan fingerprint density at radius 2 is 1.70 bits per heavy atom. The third kappa shape index (κ3) is 5.18. The first-order chi connectivity index (χ1) is 15.9. The van der Waals surface area contributed by atoms with E-state index in [4.69, 9.17) is 4.74 Å². The summed E-state index contributed by atoms with van der Waals surface area (Å²) in [5.74, 6) is -0.765. The van der Waals surface area contributed by atoms with E-state index in [0.29, 0.717) is 28.4 Å². The van der Waals surface area contributed by atoms with Crippen LogP contribution in [0, 0.1) is 0 Å². The van der Waals surface area contributed by atoms with Crippen LogP contribution in [0.4, 0.5) is 11.4 Å². The molecule has 4 rings (SSSR count). The Kier molecular flexibility index (Phi) is 6.38. The summed E-state index contributed by atoms with van der Waals surface area (Å²) in [7, 11) is -3.79. The van der Waals surface area contributed by atoms with E-state index in [-0.39, 0.29) is 16.8 Å². The number of thiophene rings is 1. The fraction of sp³-hybridized carbons (Fsp3) is 0.0870. The number of amides is 1. The molecule has 0 aliphatic rings. The van der Waals surface area contributed by atoms with Gasteiger partial charge in [0.15, 0.2) is 0 Å². The maximum absolute atomic E-state index is 12.6. The van der Waals surface area contributed by atoms with Gasteiger partial charge >= 0.3 is 5.97 Å². The third-order valence-corrected chi connectivity index (χ3v) is 7.10. The predicted molar refractivity (Wildman–Crippen MR) is 127 cm³/mol. The van der Waals surface area contributed by atoms with Crippen molar-refractivity contribution in [1.29, 1.82) is 0 Å². The highest BCUT2D eigenvalue weighted by Crippen LogP contribution is 2.29. The summed E-state index contributed by atoms with van der Waals surface area (Å²) in [6, 6.07) is 15.8. The lowest BCUT2D eigenvalue weighted by molar-refractivity contribution is 0.0532. The lowest BCUT2D eigenvalue weighted by atomic mass is 10.2. The molecular formula is C23H19N3O5S2. The van der Waals surface area contributed by atoms with Crippen molar-refractivity contribution in [3.8, 4) is 0 Å². The summed E-state index contributed by atoms with van der Waals surface area (Å²) >= 11 is 1.32. The normalized spacial score (nSPS) is 11.2. The van der Waals surface area contributed by atoms with E-state index in [0.717, 1.165) is 10.1 Å². The number of hydrogen-bond donors (Lipinski definition) is 2. The van der Waals surface area contributed by atoms with Gasteiger partial charge < -0.3 is 10.1 Å². The van der Waals surface area contributed by atoms with E-state index in [1.807, 2.05) is 6.07 Å². The SMILES string of the molecule is CCOC(=O)c1cc2cc(NC(=O)c3ccc(S(=O)(=O)Nc4ccncc4)cc3)ccc2s1. The molecule has 2 aromatic carbocycles. The molecule has 0 aliphatic heterocycles. The summed E-state index contributed by atoms with van der Waals surface area (Å²) in [6.07, 6.45) is 2.97. The number of sulfonamides is 1. The molecule has 168 valence electrons. The molecule has 2 N–H and O–H groups in total. The smallest absolute Gasteiger partial charge is 0.348 e. The van der Waals surface area contributed by atoms with E-state index in [1.165, 1.54) is 48.0 Å². The zero-order chi connectivity index (χ0) is 23.4. The molecule has 0 spiro atoms. The standard InChI is InChI=1S/C23H19N3O5S2/c1-2-31-23(28)21-14-16-13-18(5-8-20(16)32-21)25-22(27)15-3-6-19(7-4-15)33(29,30)26-17-9-11-24-12-10-17/h3-14H,2H2,1H3,(H,24,26)(H,25,27). The van der Waals surface area contributed by atoms with E-state index in [2.05, 4.69) is 15.0 Å². The Balaban J connectivity index is 1.47. The Morgan fingerprint density at radius 3 is 2.39 bits per heavy atom. The van der Waals surface area contributed by atoms with Crippen molar-refractivity contribution in [1.82, 2.24) is 4.98 Å². The first kappa shape index (κ1) is 22.4. The number of rotatable bonds is 7. The van der Waals surface area contributed by atoms with Crippen LogP contribution >= 0.6 is 11.3 Å². The topological polar surface area (TPSA) is 114 Å². The van der Waals surface area contributed by atoms with Crippen LogP contribution in [-0.4, -0.2) is 31.9 Å². The monoisotopic (exact) mass is 481 g/mol. The first-order valence-corrected chi connectivity index (χ1v) is 12.2.